The summed E-state index contributed by atoms with van der Waals surface area (Å²) < 4.78 is 7.26. The average molecular weight is 488 g/mol. The zero-order valence-corrected chi connectivity index (χ0v) is 19.6. The van der Waals surface area contributed by atoms with Gasteiger partial charge in [-0.15, -0.1) is 11.3 Å². The van der Waals surface area contributed by atoms with E-state index in [-0.39, 0.29) is 15.8 Å². The molecule has 3 aromatic carbocycles. The molecule has 0 saturated heterocycles. The summed E-state index contributed by atoms with van der Waals surface area (Å²) in [7, 11) is 1.57. The lowest BCUT2D eigenvalue weighted by Crippen LogP contribution is -2.32. The third-order valence-electron chi connectivity index (χ3n) is 4.88. The number of nitriles is 1. The molecule has 4 rings (SSSR count). The van der Waals surface area contributed by atoms with Gasteiger partial charge in [0.15, 0.2) is 5.57 Å². The van der Waals surface area contributed by atoms with Crippen molar-refractivity contribution in [1.82, 2.24) is 4.57 Å². The fourth-order valence-electron chi connectivity index (χ4n) is 3.27. The highest BCUT2D eigenvalue weighted by molar-refractivity contribution is 7.07. The van der Waals surface area contributed by atoms with E-state index < -0.39 is 5.91 Å². The third-order valence-corrected chi connectivity index (χ3v) is 6.23. The predicted octanol–water partition coefficient (Wildman–Crippen LogP) is 3.70. The molecule has 1 heterocycles. The molecule has 0 aliphatic carbocycles. The minimum Gasteiger partial charge on any atom is -0.497 e. The fourth-order valence-corrected chi connectivity index (χ4v) is 4.49. The Morgan fingerprint density at radius 2 is 1.82 bits per heavy atom. The first kappa shape index (κ1) is 23.1. The highest BCUT2D eigenvalue weighted by atomic mass is 35.5. The predicted molar refractivity (Wildman–Crippen MR) is 135 cm³/mol. The molecule has 168 valence electrons. The van der Waals surface area contributed by atoms with E-state index in [1.54, 1.807) is 67.8 Å². The standard InChI is InChI=1S/C26H18ClN3O3S/c1-33-21-9-5-6-17(14-21)15-23-25(32)30(20-7-3-2-4-8-20)26(34-23)22(16-28)24(31)29-19-12-10-18(27)11-13-19/h2-15H,1H3,(H,29,31)/b23-15+,26-22+. The molecule has 34 heavy (non-hydrogen) atoms. The van der Waals surface area contributed by atoms with Crippen molar-refractivity contribution in [1.29, 1.82) is 5.26 Å². The Balaban J connectivity index is 1.93. The molecule has 4 aromatic rings. The molecule has 0 spiro atoms. The molecule has 0 saturated carbocycles. The third kappa shape index (κ3) is 4.94. The largest absolute Gasteiger partial charge is 0.497 e. The van der Waals surface area contributed by atoms with Crippen molar-refractivity contribution >= 4 is 46.2 Å². The molecule has 0 radical (unpaired) electrons. The first-order valence-corrected chi connectivity index (χ1v) is 11.3. The number of carbonyl (C=O) groups excluding carboxylic acids is 1. The molecule has 0 fully saturated rings. The van der Waals surface area contributed by atoms with E-state index in [0.29, 0.717) is 26.7 Å². The number of thiazole rings is 1. The topological polar surface area (TPSA) is 84.1 Å². The smallest absolute Gasteiger partial charge is 0.273 e. The lowest BCUT2D eigenvalue weighted by atomic mass is 10.2. The number of para-hydroxylation sites is 1. The van der Waals surface area contributed by atoms with E-state index in [0.717, 1.165) is 16.9 Å². The van der Waals surface area contributed by atoms with Crippen LogP contribution < -0.4 is 24.8 Å². The second-order valence-electron chi connectivity index (χ2n) is 7.12. The lowest BCUT2D eigenvalue weighted by molar-refractivity contribution is -0.111. The van der Waals surface area contributed by atoms with E-state index in [1.165, 1.54) is 4.57 Å². The number of amides is 1. The van der Waals surface area contributed by atoms with Crippen LogP contribution in [0.15, 0.2) is 83.7 Å². The average Bonchev–Trinajstić information content (AvgIpc) is 3.17. The van der Waals surface area contributed by atoms with Crippen LogP contribution in [0.2, 0.25) is 5.02 Å². The minimum atomic E-state index is -0.622. The molecule has 1 N–H and O–H groups in total. The maximum atomic E-state index is 13.4. The molecule has 0 bridgehead atoms. The van der Waals surface area contributed by atoms with Crippen molar-refractivity contribution in [3.05, 3.63) is 109 Å². The molecule has 1 amide bonds. The fraction of sp³-hybridized carbons (Fsp3) is 0.0385. The molecule has 0 unspecified atom stereocenters. The van der Waals surface area contributed by atoms with Crippen molar-refractivity contribution in [2.45, 2.75) is 0 Å². The van der Waals surface area contributed by atoms with Gasteiger partial charge in [0, 0.05) is 10.7 Å². The van der Waals surface area contributed by atoms with E-state index in [1.807, 2.05) is 30.3 Å². The summed E-state index contributed by atoms with van der Waals surface area (Å²) in [6.45, 7) is 0. The van der Waals surface area contributed by atoms with Crippen molar-refractivity contribution in [2.75, 3.05) is 12.4 Å². The van der Waals surface area contributed by atoms with Crippen molar-refractivity contribution < 1.29 is 9.53 Å². The number of anilines is 1. The molecule has 6 nitrogen and oxygen atoms in total. The second-order valence-corrected chi connectivity index (χ2v) is 8.58. The van der Waals surface area contributed by atoms with E-state index in [9.17, 15) is 14.9 Å². The van der Waals surface area contributed by atoms with Gasteiger partial charge in [0.1, 0.15) is 16.5 Å². The Hall–Kier alpha value is -4.12. The highest BCUT2D eigenvalue weighted by Crippen LogP contribution is 2.15. The van der Waals surface area contributed by atoms with Crippen molar-refractivity contribution in [3.8, 4) is 17.5 Å². The summed E-state index contributed by atoms with van der Waals surface area (Å²) in [6.07, 6.45) is 1.71. The van der Waals surface area contributed by atoms with Gasteiger partial charge < -0.3 is 10.1 Å². The van der Waals surface area contributed by atoms with E-state index in [2.05, 4.69) is 5.32 Å². The maximum absolute atomic E-state index is 13.4. The van der Waals surface area contributed by atoms with Crippen LogP contribution >= 0.6 is 22.9 Å². The summed E-state index contributed by atoms with van der Waals surface area (Å²) in [4.78, 5) is 26.5. The Labute approximate surface area is 204 Å². The van der Waals surface area contributed by atoms with Crippen LogP contribution in [0.4, 0.5) is 5.69 Å². The molecule has 8 heteroatoms. The number of nitrogens with one attached hydrogen (secondary N) is 1. The van der Waals surface area contributed by atoms with Crippen molar-refractivity contribution in [3.63, 3.8) is 0 Å². The van der Waals surface area contributed by atoms with Crippen LogP contribution in [0, 0.1) is 11.3 Å². The quantitative estimate of drug-likeness (QED) is 0.465. The molecule has 0 aliphatic rings. The van der Waals surface area contributed by atoms with Gasteiger partial charge in [0.25, 0.3) is 11.5 Å². The van der Waals surface area contributed by atoms with Gasteiger partial charge in [0.2, 0.25) is 0 Å². The van der Waals surface area contributed by atoms with Crippen LogP contribution in [-0.4, -0.2) is 17.6 Å². The van der Waals surface area contributed by atoms with E-state index in [4.69, 9.17) is 16.3 Å². The number of ether oxygens (including phenoxy) is 1. The summed E-state index contributed by atoms with van der Waals surface area (Å²) in [6, 6.07) is 24.7. The molecule has 0 atom stereocenters. The Bertz CT molecular complexity index is 1570. The first-order valence-electron chi connectivity index (χ1n) is 10.1. The van der Waals surface area contributed by atoms with Gasteiger partial charge in [-0.3, -0.25) is 14.2 Å². The van der Waals surface area contributed by atoms with Crippen LogP contribution in [-0.2, 0) is 4.79 Å². The normalized spacial score (nSPS) is 12.1. The van der Waals surface area contributed by atoms with Gasteiger partial charge in [-0.05, 0) is 60.2 Å². The number of benzene rings is 3. The number of aromatic nitrogens is 1. The number of carbonyl (C=O) groups is 1. The highest BCUT2D eigenvalue weighted by Gasteiger charge is 2.17. The molecular weight excluding hydrogens is 470 g/mol. The number of hydrogen-bond acceptors (Lipinski definition) is 5. The summed E-state index contributed by atoms with van der Waals surface area (Å²) >= 11 is 6.99. The van der Waals surface area contributed by atoms with Gasteiger partial charge in [-0.2, -0.15) is 5.26 Å². The number of nitrogens with zero attached hydrogens (tertiary/aromatic N) is 2. The first-order chi connectivity index (χ1) is 16.5. The summed E-state index contributed by atoms with van der Waals surface area (Å²) in [5.74, 6) is 0.0317. The Kier molecular flexibility index (Phi) is 6.93. The number of hydrogen-bond donors (Lipinski definition) is 1. The van der Waals surface area contributed by atoms with Gasteiger partial charge in [-0.25, -0.2) is 0 Å². The second kappa shape index (κ2) is 10.2. The number of halogens is 1. The zero-order chi connectivity index (χ0) is 24.1. The summed E-state index contributed by atoms with van der Waals surface area (Å²) in [5, 5.41) is 13.1. The minimum absolute atomic E-state index is 0.175. The van der Waals surface area contributed by atoms with Crippen LogP contribution in [0.3, 0.4) is 0 Å². The zero-order valence-electron chi connectivity index (χ0n) is 18.0. The molecule has 1 aromatic heterocycles. The van der Waals surface area contributed by atoms with Gasteiger partial charge in [0.05, 0.1) is 17.3 Å². The monoisotopic (exact) mass is 487 g/mol. The maximum Gasteiger partial charge on any atom is 0.273 e. The number of methoxy groups -OCH3 is 1. The number of rotatable bonds is 5. The SMILES string of the molecule is COc1cccc(/C=c2/s/c(=C(\C#N)C(=O)Nc3ccc(Cl)cc3)n(-c3ccccc3)c2=O)c1. The van der Waals surface area contributed by atoms with Crippen LogP contribution in [0.1, 0.15) is 5.56 Å². The lowest BCUT2D eigenvalue weighted by Gasteiger charge is -2.06. The van der Waals surface area contributed by atoms with Crippen molar-refractivity contribution in [2.24, 2.45) is 0 Å². The Morgan fingerprint density at radius 3 is 2.50 bits per heavy atom. The Morgan fingerprint density at radius 1 is 1.09 bits per heavy atom. The van der Waals surface area contributed by atoms with Gasteiger partial charge in [-0.1, -0.05) is 41.9 Å². The van der Waals surface area contributed by atoms with Crippen LogP contribution in [0.5, 0.6) is 5.75 Å². The summed E-state index contributed by atoms with van der Waals surface area (Å²) in [5.41, 5.74) is 1.28. The van der Waals surface area contributed by atoms with Crippen LogP contribution in [0.25, 0.3) is 17.3 Å². The van der Waals surface area contributed by atoms with Gasteiger partial charge >= 0.3 is 0 Å². The van der Waals surface area contributed by atoms with E-state index >= 15 is 0 Å². The molecular formula is C26H18ClN3O3S. The molecule has 0 aliphatic heterocycles.